The van der Waals surface area contributed by atoms with Crippen molar-refractivity contribution in [2.24, 2.45) is 56.0 Å². The van der Waals surface area contributed by atoms with E-state index in [0.29, 0.717) is 12.8 Å². The fraction of sp³-hybridized carbons (Fsp3) is 0.707. The number of likely N-dealkylation sites (tertiary alicyclic amines) is 2. The van der Waals surface area contributed by atoms with E-state index in [4.69, 9.17) is 40.1 Å². The molecule has 2 aliphatic rings. The molecule has 10 atom stereocenters. The van der Waals surface area contributed by atoms with Gasteiger partial charge in [-0.2, -0.15) is 0 Å². The summed E-state index contributed by atoms with van der Waals surface area (Å²) in [6.07, 6.45) is -1.61. The molecule has 0 saturated carbocycles. The molecular weight excluding hydrogens is 1280 g/mol. The minimum Gasteiger partial charge on any atom is -0.481 e. The first-order valence-corrected chi connectivity index (χ1v) is 32.1. The summed E-state index contributed by atoms with van der Waals surface area (Å²) in [5.41, 5.74) is 38.7. The zero-order valence-corrected chi connectivity index (χ0v) is 55.1. The molecule has 0 spiro atoms. The van der Waals surface area contributed by atoms with Crippen molar-refractivity contribution in [1.29, 1.82) is 0 Å². The molecule has 0 bridgehead atoms. The van der Waals surface area contributed by atoms with Crippen molar-refractivity contribution < 1.29 is 92.3 Å². The molecule has 0 aromatic heterocycles. The number of nitrogens with zero attached hydrogens (tertiary/aromatic N) is 5. The van der Waals surface area contributed by atoms with E-state index in [9.17, 15) is 92.3 Å². The van der Waals surface area contributed by atoms with E-state index >= 15 is 0 Å². The van der Waals surface area contributed by atoms with E-state index in [2.05, 4.69) is 52.5 Å². The van der Waals surface area contributed by atoms with Crippen LogP contribution in [0.2, 0.25) is 0 Å². The normalized spacial score (nSPS) is 16.6. The van der Waals surface area contributed by atoms with Crippen LogP contribution in [0.25, 0.3) is 0 Å². The molecule has 2 saturated heterocycles. The van der Waals surface area contributed by atoms with Crippen LogP contribution in [-0.4, -0.2) is 256 Å². The lowest BCUT2D eigenvalue weighted by Gasteiger charge is -2.32. The third-order valence-electron chi connectivity index (χ3n) is 15.7. The third kappa shape index (κ3) is 30.4. The molecule has 0 unspecified atom stereocenters. The Bertz CT molecular complexity index is 2800. The minimum absolute atomic E-state index is 0.0125. The first kappa shape index (κ1) is 83.6. The lowest BCUT2D eigenvalue weighted by molar-refractivity contribution is -0.151. The van der Waals surface area contributed by atoms with Gasteiger partial charge in [0.25, 0.3) is 0 Å². The smallest absolute Gasteiger partial charge is 0.326 e. The molecule has 2 fully saturated rings. The lowest BCUT2D eigenvalue weighted by atomic mass is 10.0. The number of amides is 11. The quantitative estimate of drug-likeness (QED) is 0.0153. The summed E-state index contributed by atoms with van der Waals surface area (Å²) in [5.74, 6) is -16.8. The molecule has 2 aliphatic heterocycles. The van der Waals surface area contributed by atoms with Gasteiger partial charge in [0.2, 0.25) is 65.0 Å². The zero-order chi connectivity index (χ0) is 73.1. The number of aliphatic carboxylic acids is 4. The van der Waals surface area contributed by atoms with Gasteiger partial charge in [0.05, 0.1) is 25.9 Å². The number of hydrogen-bond acceptors (Lipinski definition) is 20. The second-order valence-electron chi connectivity index (χ2n) is 23.9. The molecule has 26 N–H and O–H groups in total. The Hall–Kier alpha value is -9.53. The van der Waals surface area contributed by atoms with E-state index < -0.39 is 188 Å². The highest BCUT2D eigenvalue weighted by molar-refractivity contribution is 6.00. The highest BCUT2D eigenvalue weighted by Gasteiger charge is 2.43. The van der Waals surface area contributed by atoms with Crippen molar-refractivity contribution in [1.82, 2.24) is 57.2 Å². The number of carbonyl (C=O) groups excluding carboxylic acids is 11. The van der Waals surface area contributed by atoms with Crippen molar-refractivity contribution in [3.63, 3.8) is 0 Å². The van der Waals surface area contributed by atoms with Gasteiger partial charge in [-0.05, 0) is 122 Å². The van der Waals surface area contributed by atoms with E-state index in [1.54, 1.807) is 13.8 Å². The van der Waals surface area contributed by atoms with Crippen LogP contribution in [0.3, 0.4) is 0 Å². The molecule has 0 radical (unpaired) electrons. The molecule has 39 nitrogen and oxygen atoms in total. The summed E-state index contributed by atoms with van der Waals surface area (Å²) in [4.78, 5) is 211. The molecule has 0 aromatic carbocycles. The second kappa shape index (κ2) is 43.5. The molecule has 39 heteroatoms. The Kier molecular flexibility index (Phi) is 37.5. The van der Waals surface area contributed by atoms with E-state index in [1.165, 1.54) is 7.05 Å². The topological polar surface area (TPSA) is 650 Å². The number of carboxylic acids is 4. The summed E-state index contributed by atoms with van der Waals surface area (Å²) in [5, 5.41) is 58.3. The summed E-state index contributed by atoms with van der Waals surface area (Å²) in [7, 11) is 1.29. The molecule has 2 heterocycles. The third-order valence-corrected chi connectivity index (χ3v) is 15.7. The number of carboxylic acid groups (broad SMARTS) is 4. The van der Waals surface area contributed by atoms with Crippen LogP contribution in [0, 0.1) is 5.92 Å². The highest BCUT2D eigenvalue weighted by Crippen LogP contribution is 2.23. The molecule has 97 heavy (non-hydrogen) atoms. The number of carbonyl (C=O) groups is 15. The second-order valence-corrected chi connectivity index (χ2v) is 23.9. The van der Waals surface area contributed by atoms with Gasteiger partial charge >= 0.3 is 23.9 Å². The van der Waals surface area contributed by atoms with E-state index in [0.717, 1.165) is 14.7 Å². The highest BCUT2D eigenvalue weighted by atomic mass is 16.4. The Morgan fingerprint density at radius 3 is 1.33 bits per heavy atom. The summed E-state index contributed by atoms with van der Waals surface area (Å²) >= 11 is 0. The number of aliphatic imine (C=N–C) groups is 2. The van der Waals surface area contributed by atoms with E-state index in [1.807, 2.05) is 0 Å². The maximum absolute atomic E-state index is 14.6. The number of likely N-dealkylation sites (N-methyl/N-ethyl adjacent to an activating group) is 1. The van der Waals surface area contributed by atoms with Crippen LogP contribution in [0.5, 0.6) is 0 Å². The average Bonchev–Trinajstić information content (AvgIpc) is 1.77. The monoisotopic (exact) mass is 1380 g/mol. The van der Waals surface area contributed by atoms with Gasteiger partial charge < -0.3 is 118 Å². The van der Waals surface area contributed by atoms with Crippen molar-refractivity contribution in [2.45, 2.75) is 196 Å². The first-order chi connectivity index (χ1) is 45.8. The molecule has 11 amide bonds. The number of nitrogens with one attached hydrogen (secondary N) is 8. The lowest BCUT2D eigenvalue weighted by Crippen LogP contribution is -2.59. The van der Waals surface area contributed by atoms with Crippen molar-refractivity contribution >= 4 is 101 Å². The molecule has 546 valence electrons. The van der Waals surface area contributed by atoms with Gasteiger partial charge in [-0.25, -0.2) is 4.79 Å². The maximum atomic E-state index is 14.6. The molecular formula is C58H100N20O19. The van der Waals surface area contributed by atoms with Gasteiger partial charge in [-0.15, -0.1) is 0 Å². The zero-order valence-electron chi connectivity index (χ0n) is 55.1. The van der Waals surface area contributed by atoms with Crippen LogP contribution in [0.4, 0.5) is 0 Å². The predicted molar refractivity (Wildman–Crippen MR) is 346 cm³/mol. The number of rotatable bonds is 46. The number of nitrogens with two attached hydrogens (primary N) is 7. The Morgan fingerprint density at radius 2 is 0.907 bits per heavy atom. The van der Waals surface area contributed by atoms with Crippen LogP contribution in [0.15, 0.2) is 9.98 Å². The fourth-order valence-electron chi connectivity index (χ4n) is 10.8. The SMILES string of the molecule is CC(C)C[C@@H](C(=O)O)N(C)C(=O)[C@H](CCCN=C(N)N)NC(=O)[C@@H]1CCCN1C(=O)[C@H](CCCN=C(N)N)NC(=O)[C@H](CC(=O)O)NC(=O)CNC(=O)[C@H](CCCCN)NC(=O)[C@@H]1CCCN1C(=O)[C@H](CCC(=O)O)NC(=O)[C@H](CCCCN)NC(=O)[C@H](CC(=O)O)NC(=O)CN. The van der Waals surface area contributed by atoms with Gasteiger partial charge in [0.15, 0.2) is 11.9 Å². The van der Waals surface area contributed by atoms with Crippen molar-refractivity contribution in [3.8, 4) is 0 Å². The predicted octanol–water partition coefficient (Wildman–Crippen LogP) is -7.43. The molecule has 2 rings (SSSR count). The van der Waals surface area contributed by atoms with Crippen LogP contribution < -0.4 is 82.7 Å². The summed E-state index contributed by atoms with van der Waals surface area (Å²) in [6.45, 7) is 2.21. The first-order valence-electron chi connectivity index (χ1n) is 32.1. The van der Waals surface area contributed by atoms with Gasteiger partial charge in [0.1, 0.15) is 60.4 Å². The Labute approximate surface area is 560 Å². The number of hydrogen-bond donors (Lipinski definition) is 19. The molecule has 0 aromatic rings. The molecule has 0 aliphatic carbocycles. The van der Waals surface area contributed by atoms with Crippen LogP contribution >= 0.6 is 0 Å². The van der Waals surface area contributed by atoms with E-state index in [-0.39, 0.29) is 141 Å². The maximum Gasteiger partial charge on any atom is 0.326 e. The van der Waals surface area contributed by atoms with Crippen molar-refractivity contribution in [2.75, 3.05) is 59.4 Å². The average molecular weight is 1380 g/mol. The summed E-state index contributed by atoms with van der Waals surface area (Å²) in [6, 6.07) is -14.8. The van der Waals surface area contributed by atoms with Gasteiger partial charge in [-0.1, -0.05) is 13.8 Å². The Morgan fingerprint density at radius 1 is 0.495 bits per heavy atom. The standard InChI is InChI=1S/C58H100N20O19/c1-31(2)26-41(56(96)97)76(3)53(93)34(14-8-22-66-57(62)63)75-52(92)40-17-11-24-77(40)54(94)35(15-9-23-67-58(64)65)73-50(90)38(28-46(85)86)70-43(80)30-68-47(87)32(12-4-6-20-59)72-51(91)39-16-10-25-78(39)55(95)36(18-19-44(81)82)74-48(88)33(13-5-7-21-60)71-49(89)37(27-45(83)84)69-42(79)29-61/h31-41H,4-30,59-61H2,1-3H3,(H,68,87)(H,69,79)(H,70,80)(H,71,89)(H,72,91)(H,73,90)(H,74,88)(H,75,92)(H,81,82)(H,83,84)(H,85,86)(H,96,97)(H4,62,63,66)(H4,64,65,67)/t32-,33-,34-,35-,36-,37-,38-,39-,40-,41-/m0/s1. The van der Waals surface area contributed by atoms with Crippen molar-refractivity contribution in [3.05, 3.63) is 0 Å². The van der Waals surface area contributed by atoms with Gasteiger partial charge in [-0.3, -0.25) is 77.1 Å². The Balaban J connectivity index is 2.40. The van der Waals surface area contributed by atoms with Crippen LogP contribution in [-0.2, 0) is 71.9 Å². The van der Waals surface area contributed by atoms with Gasteiger partial charge in [0, 0.05) is 39.6 Å². The largest absolute Gasteiger partial charge is 0.481 e. The van der Waals surface area contributed by atoms with Crippen LogP contribution in [0.1, 0.15) is 136 Å². The number of guanidine groups is 2. The minimum atomic E-state index is -1.91. The summed E-state index contributed by atoms with van der Waals surface area (Å²) < 4.78 is 0. The fourth-order valence-corrected chi connectivity index (χ4v) is 10.8. The number of unbranched alkanes of at least 4 members (excludes halogenated alkanes) is 2.